The number of rotatable bonds is 4. The first-order valence-electron chi connectivity index (χ1n) is 8.98. The van der Waals surface area contributed by atoms with Crippen LogP contribution in [0.2, 0.25) is 5.02 Å². The normalized spacial score (nSPS) is 15.5. The predicted molar refractivity (Wildman–Crippen MR) is 109 cm³/mol. The van der Waals surface area contributed by atoms with E-state index in [1.54, 1.807) is 6.20 Å². The summed E-state index contributed by atoms with van der Waals surface area (Å²) in [6, 6.07) is 19.9. The number of hydrogen-bond donors (Lipinski definition) is 1. The zero-order chi connectivity index (χ0) is 18.8. The molecule has 1 atom stereocenters. The summed E-state index contributed by atoms with van der Waals surface area (Å²) >= 11 is 6.13. The number of nitrogens with zero attached hydrogens (tertiary/aromatic N) is 2. The van der Waals surface area contributed by atoms with Crippen molar-refractivity contribution in [3.63, 3.8) is 0 Å². The molecule has 0 spiro atoms. The lowest BCUT2D eigenvalue weighted by atomic mass is 10.1. The summed E-state index contributed by atoms with van der Waals surface area (Å²) in [4.78, 5) is 19.2. The number of carbonyl (C=O) groups is 1. The van der Waals surface area contributed by atoms with Gasteiger partial charge in [0.05, 0.1) is 5.56 Å². The van der Waals surface area contributed by atoms with Gasteiger partial charge in [-0.1, -0.05) is 48.0 Å². The highest BCUT2D eigenvalue weighted by Crippen LogP contribution is 2.36. The second-order valence-corrected chi connectivity index (χ2v) is 7.14. The van der Waals surface area contributed by atoms with Crippen LogP contribution >= 0.6 is 11.6 Å². The van der Waals surface area contributed by atoms with Gasteiger partial charge >= 0.3 is 0 Å². The molecule has 1 aliphatic heterocycles. The number of amides is 1. The molecule has 136 valence electrons. The molecular weight excluding hydrogens is 358 g/mol. The van der Waals surface area contributed by atoms with Crippen LogP contribution in [0.15, 0.2) is 66.9 Å². The summed E-state index contributed by atoms with van der Waals surface area (Å²) in [6.45, 7) is 2.57. The fraction of sp³-hybridized carbons (Fsp3) is 0.182. The Morgan fingerprint density at radius 1 is 1.15 bits per heavy atom. The maximum absolute atomic E-state index is 12.4. The van der Waals surface area contributed by atoms with Gasteiger partial charge in [0.2, 0.25) is 0 Å². The van der Waals surface area contributed by atoms with Crippen LogP contribution in [0.5, 0.6) is 0 Å². The van der Waals surface area contributed by atoms with E-state index in [0.29, 0.717) is 23.2 Å². The third-order valence-corrected chi connectivity index (χ3v) is 5.23. The Hall–Kier alpha value is -2.85. The fourth-order valence-electron chi connectivity index (χ4n) is 3.50. The third-order valence-electron chi connectivity index (χ3n) is 4.86. The zero-order valence-electron chi connectivity index (χ0n) is 15.0. The van der Waals surface area contributed by atoms with Gasteiger partial charge in [-0.05, 0) is 48.7 Å². The molecule has 27 heavy (non-hydrogen) atoms. The number of para-hydroxylation sites is 1. The standard InChI is InChI=1S/C22H20ClN3O/c1-15-12-16-6-3-5-9-20(16)26(15)21-11-10-18(14-24-21)22(27)25-13-17-7-2-4-8-19(17)23/h2-11,14-15H,12-13H2,1H3,(H,25,27). The first-order chi connectivity index (χ1) is 13.1. The second-order valence-electron chi connectivity index (χ2n) is 6.73. The zero-order valence-corrected chi connectivity index (χ0v) is 15.8. The molecule has 0 bridgehead atoms. The molecule has 0 radical (unpaired) electrons. The first-order valence-corrected chi connectivity index (χ1v) is 9.36. The molecule has 3 aromatic rings. The largest absolute Gasteiger partial charge is 0.348 e. The van der Waals surface area contributed by atoms with Gasteiger partial charge < -0.3 is 10.2 Å². The number of hydrogen-bond acceptors (Lipinski definition) is 3. The molecule has 2 heterocycles. The number of pyridine rings is 1. The lowest BCUT2D eigenvalue weighted by Gasteiger charge is -2.23. The Labute approximate surface area is 163 Å². The van der Waals surface area contributed by atoms with Crippen molar-refractivity contribution in [2.75, 3.05) is 4.90 Å². The minimum absolute atomic E-state index is 0.163. The summed E-state index contributed by atoms with van der Waals surface area (Å²) in [5.74, 6) is 0.693. The predicted octanol–water partition coefficient (Wildman–Crippen LogP) is 4.75. The number of aromatic nitrogens is 1. The average molecular weight is 378 g/mol. The molecule has 2 aromatic carbocycles. The summed E-state index contributed by atoms with van der Waals surface area (Å²) in [5, 5.41) is 3.54. The molecule has 0 aliphatic carbocycles. The Bertz CT molecular complexity index is 971. The third kappa shape index (κ3) is 3.53. The van der Waals surface area contributed by atoms with E-state index in [-0.39, 0.29) is 5.91 Å². The Morgan fingerprint density at radius 3 is 2.70 bits per heavy atom. The molecule has 1 aliphatic rings. The highest BCUT2D eigenvalue weighted by atomic mass is 35.5. The van der Waals surface area contributed by atoms with Crippen molar-refractivity contribution in [1.82, 2.24) is 10.3 Å². The van der Waals surface area contributed by atoms with E-state index in [0.717, 1.165) is 17.8 Å². The van der Waals surface area contributed by atoms with Gasteiger partial charge in [0, 0.05) is 29.5 Å². The monoisotopic (exact) mass is 377 g/mol. The summed E-state index contributed by atoms with van der Waals surface area (Å²) < 4.78 is 0. The van der Waals surface area contributed by atoms with Crippen molar-refractivity contribution >= 4 is 29.0 Å². The quantitative estimate of drug-likeness (QED) is 0.713. The molecule has 5 heteroatoms. The van der Waals surface area contributed by atoms with E-state index in [1.165, 1.54) is 11.3 Å². The van der Waals surface area contributed by atoms with E-state index in [2.05, 4.69) is 40.3 Å². The van der Waals surface area contributed by atoms with Gasteiger partial charge in [-0.25, -0.2) is 4.98 Å². The molecule has 1 amide bonds. The molecule has 0 saturated heterocycles. The number of fused-ring (bicyclic) bond motifs is 1. The summed E-state index contributed by atoms with van der Waals surface area (Å²) in [6.07, 6.45) is 2.63. The average Bonchev–Trinajstić information content (AvgIpc) is 3.03. The van der Waals surface area contributed by atoms with Gasteiger partial charge in [0.15, 0.2) is 0 Å². The van der Waals surface area contributed by atoms with E-state index >= 15 is 0 Å². The number of benzene rings is 2. The Morgan fingerprint density at radius 2 is 1.93 bits per heavy atom. The van der Waals surface area contributed by atoms with Crippen molar-refractivity contribution in [2.45, 2.75) is 25.9 Å². The van der Waals surface area contributed by atoms with E-state index in [9.17, 15) is 4.79 Å². The minimum Gasteiger partial charge on any atom is -0.348 e. The summed E-state index contributed by atoms with van der Waals surface area (Å²) in [7, 11) is 0. The molecule has 0 fully saturated rings. The van der Waals surface area contributed by atoms with Gasteiger partial charge in [0.25, 0.3) is 5.91 Å². The number of anilines is 2. The van der Waals surface area contributed by atoms with Crippen LogP contribution in [0.1, 0.15) is 28.4 Å². The topological polar surface area (TPSA) is 45.2 Å². The van der Waals surface area contributed by atoms with Crippen LogP contribution in [0, 0.1) is 0 Å². The fourth-order valence-corrected chi connectivity index (χ4v) is 3.70. The Kier molecular flexibility index (Phi) is 4.82. The molecule has 1 aromatic heterocycles. The molecule has 1 N–H and O–H groups in total. The number of nitrogens with one attached hydrogen (secondary N) is 1. The smallest absolute Gasteiger partial charge is 0.253 e. The van der Waals surface area contributed by atoms with Crippen LogP contribution in [-0.2, 0) is 13.0 Å². The van der Waals surface area contributed by atoms with Crippen molar-refractivity contribution in [2.24, 2.45) is 0 Å². The van der Waals surface area contributed by atoms with Crippen LogP contribution in [0.4, 0.5) is 11.5 Å². The minimum atomic E-state index is -0.163. The van der Waals surface area contributed by atoms with Gasteiger partial charge in [-0.3, -0.25) is 4.79 Å². The van der Waals surface area contributed by atoms with Gasteiger partial charge in [-0.2, -0.15) is 0 Å². The van der Waals surface area contributed by atoms with Crippen molar-refractivity contribution in [3.8, 4) is 0 Å². The maximum Gasteiger partial charge on any atom is 0.253 e. The van der Waals surface area contributed by atoms with E-state index in [1.807, 2.05) is 42.5 Å². The molecular formula is C22H20ClN3O. The molecule has 1 unspecified atom stereocenters. The maximum atomic E-state index is 12.4. The Balaban J connectivity index is 1.48. The lowest BCUT2D eigenvalue weighted by Crippen LogP contribution is -2.26. The van der Waals surface area contributed by atoms with Crippen LogP contribution < -0.4 is 10.2 Å². The van der Waals surface area contributed by atoms with Crippen LogP contribution in [0.3, 0.4) is 0 Å². The second kappa shape index (κ2) is 7.41. The summed E-state index contributed by atoms with van der Waals surface area (Å²) in [5.41, 5.74) is 3.94. The molecule has 4 nitrogen and oxygen atoms in total. The molecule has 4 rings (SSSR count). The SMILES string of the molecule is CC1Cc2ccccc2N1c1ccc(C(=O)NCc2ccccc2Cl)cn1. The van der Waals surface area contributed by atoms with Crippen LogP contribution in [0.25, 0.3) is 0 Å². The van der Waals surface area contributed by atoms with Crippen LogP contribution in [-0.4, -0.2) is 16.9 Å². The lowest BCUT2D eigenvalue weighted by molar-refractivity contribution is 0.0950. The number of carbonyl (C=O) groups excluding carboxylic acids is 1. The highest BCUT2D eigenvalue weighted by Gasteiger charge is 2.27. The van der Waals surface area contributed by atoms with Gasteiger partial charge in [0.1, 0.15) is 5.82 Å². The molecule has 0 saturated carbocycles. The van der Waals surface area contributed by atoms with E-state index < -0.39 is 0 Å². The number of halogens is 1. The first kappa shape index (κ1) is 17.6. The van der Waals surface area contributed by atoms with Crippen molar-refractivity contribution < 1.29 is 4.79 Å². The van der Waals surface area contributed by atoms with Crippen molar-refractivity contribution in [3.05, 3.63) is 88.6 Å². The van der Waals surface area contributed by atoms with E-state index in [4.69, 9.17) is 11.6 Å². The highest BCUT2D eigenvalue weighted by molar-refractivity contribution is 6.31. The van der Waals surface area contributed by atoms with Crippen molar-refractivity contribution in [1.29, 1.82) is 0 Å². The van der Waals surface area contributed by atoms with Gasteiger partial charge in [-0.15, -0.1) is 0 Å².